The fourth-order valence-electron chi connectivity index (χ4n) is 3.09. The first-order valence-electron chi connectivity index (χ1n) is 9.13. The zero-order chi connectivity index (χ0) is 21.7. The predicted molar refractivity (Wildman–Crippen MR) is 110 cm³/mol. The largest absolute Gasteiger partial charge is 0.339 e. The smallest absolute Gasteiger partial charge is 0.270 e. The number of hydrogen-bond acceptors (Lipinski definition) is 5. The van der Waals surface area contributed by atoms with E-state index in [-0.39, 0.29) is 17.8 Å². The number of rotatable bonds is 7. The van der Waals surface area contributed by atoms with Crippen molar-refractivity contribution < 1.29 is 14.5 Å². The monoisotopic (exact) mass is 405 g/mol. The van der Waals surface area contributed by atoms with Gasteiger partial charge in [0.1, 0.15) is 0 Å². The number of aromatic nitrogens is 1. The van der Waals surface area contributed by atoms with E-state index in [0.717, 1.165) is 16.2 Å². The Bertz CT molecular complexity index is 1140. The number of pyridine rings is 1. The highest BCUT2D eigenvalue weighted by Crippen LogP contribution is 2.21. The molecular weight excluding hydrogens is 386 g/mol. The molecule has 1 heterocycles. The van der Waals surface area contributed by atoms with Crippen LogP contribution in [-0.2, 0) is 11.3 Å². The van der Waals surface area contributed by atoms with Crippen molar-refractivity contribution in [2.75, 3.05) is 7.05 Å². The number of ketones is 1. The van der Waals surface area contributed by atoms with Crippen LogP contribution >= 0.6 is 0 Å². The summed E-state index contributed by atoms with van der Waals surface area (Å²) in [6.45, 7) is 0.236. The van der Waals surface area contributed by atoms with Gasteiger partial charge in [0.15, 0.2) is 11.8 Å². The van der Waals surface area contributed by atoms with Crippen molar-refractivity contribution in [3.05, 3.63) is 111 Å². The molecule has 152 valence electrons. The summed E-state index contributed by atoms with van der Waals surface area (Å²) in [5.74, 6) is -1.29. The molecule has 0 saturated heterocycles. The SMILES string of the molecule is CN(Cc1ccccc1)C(=O)C(C(=O)c1cccc([N+](=O)[O-])c1)n1ccccc1=O. The van der Waals surface area contributed by atoms with Crippen LogP contribution in [0.2, 0.25) is 0 Å². The lowest BCUT2D eigenvalue weighted by atomic mass is 10.0. The van der Waals surface area contributed by atoms with Gasteiger partial charge < -0.3 is 4.90 Å². The molecule has 0 saturated carbocycles. The Morgan fingerprint density at radius 3 is 2.40 bits per heavy atom. The zero-order valence-corrected chi connectivity index (χ0v) is 16.2. The maximum absolute atomic E-state index is 13.2. The van der Waals surface area contributed by atoms with E-state index in [4.69, 9.17) is 0 Å². The fraction of sp³-hybridized carbons (Fsp3) is 0.136. The van der Waals surface area contributed by atoms with E-state index in [9.17, 15) is 24.5 Å². The maximum Gasteiger partial charge on any atom is 0.270 e. The van der Waals surface area contributed by atoms with E-state index in [1.807, 2.05) is 30.3 Å². The van der Waals surface area contributed by atoms with Gasteiger partial charge in [-0.15, -0.1) is 0 Å². The molecule has 1 aromatic heterocycles. The molecule has 0 N–H and O–H groups in total. The molecule has 2 aromatic carbocycles. The van der Waals surface area contributed by atoms with Crippen LogP contribution in [0.4, 0.5) is 5.69 Å². The van der Waals surface area contributed by atoms with Crippen molar-refractivity contribution >= 4 is 17.4 Å². The summed E-state index contributed by atoms with van der Waals surface area (Å²) in [5.41, 5.74) is 0.0366. The summed E-state index contributed by atoms with van der Waals surface area (Å²) in [7, 11) is 1.54. The molecular formula is C22H19N3O5. The number of carbonyl (C=O) groups is 2. The summed E-state index contributed by atoms with van der Waals surface area (Å²) in [4.78, 5) is 50.7. The molecule has 0 fully saturated rings. The molecule has 0 aliphatic rings. The minimum Gasteiger partial charge on any atom is -0.339 e. The van der Waals surface area contributed by atoms with Gasteiger partial charge in [-0.1, -0.05) is 48.5 Å². The molecule has 30 heavy (non-hydrogen) atoms. The lowest BCUT2D eigenvalue weighted by Crippen LogP contribution is -2.41. The Hall–Kier alpha value is -4.07. The highest BCUT2D eigenvalue weighted by molar-refractivity contribution is 6.12. The Balaban J connectivity index is 2.01. The van der Waals surface area contributed by atoms with Gasteiger partial charge in [-0.05, 0) is 11.6 Å². The maximum atomic E-state index is 13.2. The van der Waals surface area contributed by atoms with Gasteiger partial charge in [0.25, 0.3) is 17.2 Å². The zero-order valence-electron chi connectivity index (χ0n) is 16.2. The minimum absolute atomic E-state index is 0.0218. The number of hydrogen-bond donors (Lipinski definition) is 0. The quantitative estimate of drug-likeness (QED) is 0.260. The fourth-order valence-corrected chi connectivity index (χ4v) is 3.09. The van der Waals surface area contributed by atoms with Crippen LogP contribution < -0.4 is 5.56 Å². The van der Waals surface area contributed by atoms with Gasteiger partial charge in [0.05, 0.1) is 4.92 Å². The number of likely N-dealkylation sites (N-methyl/N-ethyl adjacent to an activating group) is 1. The van der Waals surface area contributed by atoms with Crippen molar-refractivity contribution in [3.63, 3.8) is 0 Å². The van der Waals surface area contributed by atoms with Crippen LogP contribution in [0.3, 0.4) is 0 Å². The second-order valence-corrected chi connectivity index (χ2v) is 6.70. The van der Waals surface area contributed by atoms with E-state index >= 15 is 0 Å². The molecule has 0 spiro atoms. The molecule has 0 bridgehead atoms. The van der Waals surface area contributed by atoms with Crippen LogP contribution in [0.5, 0.6) is 0 Å². The van der Waals surface area contributed by atoms with E-state index in [0.29, 0.717) is 0 Å². The average molecular weight is 405 g/mol. The van der Waals surface area contributed by atoms with Gasteiger partial charge in [-0.3, -0.25) is 29.1 Å². The number of nitro groups is 1. The summed E-state index contributed by atoms with van der Waals surface area (Å²) < 4.78 is 1.05. The molecule has 1 atom stereocenters. The summed E-state index contributed by atoms with van der Waals surface area (Å²) in [6.07, 6.45) is 1.36. The molecule has 3 aromatic rings. The first-order chi connectivity index (χ1) is 14.4. The highest BCUT2D eigenvalue weighted by Gasteiger charge is 2.33. The third-order valence-corrected chi connectivity index (χ3v) is 4.59. The van der Waals surface area contributed by atoms with Gasteiger partial charge in [-0.2, -0.15) is 0 Å². The number of nitro benzene ring substituents is 1. The van der Waals surface area contributed by atoms with Crippen LogP contribution in [0.25, 0.3) is 0 Å². The number of Topliss-reactive ketones (excluding diaryl/α,β-unsaturated/α-hetero) is 1. The van der Waals surface area contributed by atoms with Crippen LogP contribution in [0, 0.1) is 10.1 Å². The van der Waals surface area contributed by atoms with E-state index in [1.165, 1.54) is 48.5 Å². The Morgan fingerprint density at radius 2 is 1.73 bits per heavy atom. The van der Waals surface area contributed by atoms with Gasteiger partial charge >= 0.3 is 0 Å². The number of non-ortho nitro benzene ring substituents is 1. The van der Waals surface area contributed by atoms with E-state index in [1.54, 1.807) is 6.07 Å². The van der Waals surface area contributed by atoms with Crippen molar-refractivity contribution in [2.24, 2.45) is 0 Å². The van der Waals surface area contributed by atoms with Gasteiger partial charge in [0.2, 0.25) is 0 Å². The number of nitrogens with zero attached hydrogens (tertiary/aromatic N) is 3. The van der Waals surface area contributed by atoms with Gasteiger partial charge in [0, 0.05) is 43.6 Å². The molecule has 8 heteroatoms. The number of carbonyl (C=O) groups excluding carboxylic acids is 2. The lowest BCUT2D eigenvalue weighted by Gasteiger charge is -2.24. The first kappa shape index (κ1) is 20.7. The number of amides is 1. The second-order valence-electron chi connectivity index (χ2n) is 6.70. The molecule has 0 radical (unpaired) electrons. The normalized spacial score (nSPS) is 11.5. The third kappa shape index (κ3) is 4.49. The van der Waals surface area contributed by atoms with E-state index in [2.05, 4.69) is 0 Å². The second kappa shape index (κ2) is 8.95. The molecule has 1 amide bonds. The van der Waals surface area contributed by atoms with Crippen molar-refractivity contribution in [1.82, 2.24) is 9.47 Å². The highest BCUT2D eigenvalue weighted by atomic mass is 16.6. The van der Waals surface area contributed by atoms with Crippen molar-refractivity contribution in [3.8, 4) is 0 Å². The van der Waals surface area contributed by atoms with Crippen molar-refractivity contribution in [1.29, 1.82) is 0 Å². The third-order valence-electron chi connectivity index (χ3n) is 4.59. The first-order valence-corrected chi connectivity index (χ1v) is 9.13. The summed E-state index contributed by atoms with van der Waals surface area (Å²) >= 11 is 0. The minimum atomic E-state index is -1.48. The molecule has 0 aliphatic heterocycles. The Morgan fingerprint density at radius 1 is 1.03 bits per heavy atom. The van der Waals surface area contributed by atoms with E-state index < -0.39 is 28.2 Å². The Kier molecular flexibility index (Phi) is 6.17. The average Bonchev–Trinajstić information content (AvgIpc) is 2.75. The molecule has 0 aliphatic carbocycles. The summed E-state index contributed by atoms with van der Waals surface area (Å²) in [6, 6.07) is 17.1. The predicted octanol–water partition coefficient (Wildman–Crippen LogP) is 2.84. The standard InChI is InChI=1S/C22H19N3O5/c1-23(15-16-8-3-2-4-9-16)22(28)20(24-13-6-5-12-19(24)26)21(27)17-10-7-11-18(14-17)25(29)30/h2-14,20H,15H2,1H3. The van der Waals surface area contributed by atoms with Gasteiger partial charge in [-0.25, -0.2) is 0 Å². The molecule has 1 unspecified atom stereocenters. The van der Waals surface area contributed by atoms with Crippen LogP contribution in [0.1, 0.15) is 22.0 Å². The van der Waals surface area contributed by atoms with Crippen LogP contribution in [-0.4, -0.2) is 33.1 Å². The van der Waals surface area contributed by atoms with Crippen LogP contribution in [0.15, 0.2) is 83.8 Å². The lowest BCUT2D eigenvalue weighted by molar-refractivity contribution is -0.384. The number of benzene rings is 2. The van der Waals surface area contributed by atoms with Crippen molar-refractivity contribution in [2.45, 2.75) is 12.6 Å². The topological polar surface area (TPSA) is 103 Å². The molecule has 8 nitrogen and oxygen atoms in total. The summed E-state index contributed by atoms with van der Waals surface area (Å²) in [5, 5.41) is 11.1. The Labute approximate surface area is 172 Å². The molecule has 3 rings (SSSR count).